The Morgan fingerprint density at radius 1 is 1.26 bits per heavy atom. The lowest BCUT2D eigenvalue weighted by atomic mass is 9.88. The number of esters is 1. The number of aliphatic imine (C=N–C) groups is 1. The van der Waals surface area contributed by atoms with Crippen molar-refractivity contribution in [1.82, 2.24) is 0 Å². The molecule has 0 fully saturated rings. The van der Waals surface area contributed by atoms with Gasteiger partial charge in [-0.3, -0.25) is 4.79 Å². The normalized spacial score (nSPS) is 15.6. The fraction of sp³-hybridized carbons (Fsp3) is 0.292. The SMILES string of the molecule is CCOC(=O)c1ccc(NC(=O)c2c(/N=C/c3cccs3)sc3c2CCC(C)C3)cc1. The molecule has 0 bridgehead atoms. The van der Waals surface area contributed by atoms with Crippen LogP contribution in [0.1, 0.15) is 56.3 Å². The van der Waals surface area contributed by atoms with Crippen LogP contribution in [0.25, 0.3) is 0 Å². The van der Waals surface area contributed by atoms with Crippen molar-refractivity contribution in [3.63, 3.8) is 0 Å². The summed E-state index contributed by atoms with van der Waals surface area (Å²) in [7, 11) is 0. The van der Waals surface area contributed by atoms with E-state index in [9.17, 15) is 9.59 Å². The van der Waals surface area contributed by atoms with Crippen LogP contribution in [0.5, 0.6) is 0 Å². The van der Waals surface area contributed by atoms with E-state index in [0.717, 1.165) is 34.7 Å². The number of hydrogen-bond acceptors (Lipinski definition) is 6. The Hall–Kier alpha value is -2.77. The Bertz CT molecular complexity index is 1100. The van der Waals surface area contributed by atoms with E-state index in [1.54, 1.807) is 53.9 Å². The van der Waals surface area contributed by atoms with E-state index in [1.807, 2.05) is 23.7 Å². The lowest BCUT2D eigenvalue weighted by Gasteiger charge is -2.18. The number of benzene rings is 1. The maximum absolute atomic E-state index is 13.3. The molecule has 2 aromatic heterocycles. The minimum atomic E-state index is -0.369. The number of anilines is 1. The lowest BCUT2D eigenvalue weighted by molar-refractivity contribution is 0.0526. The molecule has 5 nitrogen and oxygen atoms in total. The molecule has 1 aliphatic carbocycles. The molecule has 1 aliphatic rings. The van der Waals surface area contributed by atoms with Crippen molar-refractivity contribution in [2.45, 2.75) is 33.1 Å². The van der Waals surface area contributed by atoms with Gasteiger partial charge < -0.3 is 10.1 Å². The van der Waals surface area contributed by atoms with Crippen molar-refractivity contribution in [2.75, 3.05) is 11.9 Å². The number of fused-ring (bicyclic) bond motifs is 1. The highest BCUT2D eigenvalue weighted by Crippen LogP contribution is 2.41. The summed E-state index contributed by atoms with van der Waals surface area (Å²) in [4.78, 5) is 32.1. The van der Waals surface area contributed by atoms with Gasteiger partial charge >= 0.3 is 5.97 Å². The second-order valence-electron chi connectivity index (χ2n) is 7.56. The molecule has 7 heteroatoms. The third kappa shape index (κ3) is 4.94. The van der Waals surface area contributed by atoms with Gasteiger partial charge in [-0.25, -0.2) is 9.79 Å². The molecule has 0 spiro atoms. The van der Waals surface area contributed by atoms with Crippen molar-refractivity contribution in [2.24, 2.45) is 10.9 Å². The van der Waals surface area contributed by atoms with Crippen LogP contribution in [0.2, 0.25) is 0 Å². The Morgan fingerprint density at radius 2 is 2.06 bits per heavy atom. The zero-order valence-electron chi connectivity index (χ0n) is 17.5. The smallest absolute Gasteiger partial charge is 0.338 e. The number of carbonyl (C=O) groups excluding carboxylic acids is 2. The lowest BCUT2D eigenvalue weighted by Crippen LogP contribution is -2.16. The summed E-state index contributed by atoms with van der Waals surface area (Å²) in [6.45, 7) is 4.35. The van der Waals surface area contributed by atoms with Crippen LogP contribution in [-0.2, 0) is 17.6 Å². The molecule has 2 heterocycles. The highest BCUT2D eigenvalue weighted by atomic mass is 32.1. The zero-order valence-corrected chi connectivity index (χ0v) is 19.1. The summed E-state index contributed by atoms with van der Waals surface area (Å²) in [5.41, 5.74) is 2.90. The maximum Gasteiger partial charge on any atom is 0.338 e. The summed E-state index contributed by atoms with van der Waals surface area (Å²) >= 11 is 3.24. The molecule has 0 aliphatic heterocycles. The van der Waals surface area contributed by atoms with Gasteiger partial charge in [0, 0.05) is 21.7 Å². The molecule has 1 amide bonds. The molecule has 31 heavy (non-hydrogen) atoms. The van der Waals surface area contributed by atoms with Crippen LogP contribution in [-0.4, -0.2) is 24.7 Å². The Morgan fingerprint density at radius 3 is 2.77 bits per heavy atom. The van der Waals surface area contributed by atoms with Crippen LogP contribution >= 0.6 is 22.7 Å². The molecular formula is C24H24N2O3S2. The number of nitrogens with zero attached hydrogens (tertiary/aromatic N) is 1. The molecule has 160 valence electrons. The summed E-state index contributed by atoms with van der Waals surface area (Å²) in [5.74, 6) is 0.0903. The zero-order chi connectivity index (χ0) is 21.8. The molecule has 1 aromatic carbocycles. The van der Waals surface area contributed by atoms with E-state index >= 15 is 0 Å². The minimum Gasteiger partial charge on any atom is -0.462 e. The van der Waals surface area contributed by atoms with E-state index in [0.29, 0.717) is 29.3 Å². The third-order valence-electron chi connectivity index (χ3n) is 5.23. The van der Waals surface area contributed by atoms with E-state index in [1.165, 1.54) is 4.88 Å². The second kappa shape index (κ2) is 9.58. The van der Waals surface area contributed by atoms with Gasteiger partial charge in [-0.1, -0.05) is 13.0 Å². The third-order valence-corrected chi connectivity index (χ3v) is 7.20. The standard InChI is InChI=1S/C24H24N2O3S2/c1-3-29-24(28)16-7-9-17(10-8-16)26-22(27)21-19-11-6-15(2)13-20(19)31-23(21)25-14-18-5-4-12-30-18/h4-5,7-10,12,14-15H,3,6,11,13H2,1-2H3,(H,26,27)/b25-14+. The number of nitrogens with one attached hydrogen (secondary N) is 1. The van der Waals surface area contributed by atoms with Gasteiger partial charge in [-0.2, -0.15) is 0 Å². The summed E-state index contributed by atoms with van der Waals surface area (Å²) in [6, 6.07) is 10.8. The summed E-state index contributed by atoms with van der Waals surface area (Å²) in [6.07, 6.45) is 4.79. The molecule has 0 saturated heterocycles. The van der Waals surface area contributed by atoms with Crippen LogP contribution in [0.4, 0.5) is 10.7 Å². The fourth-order valence-electron chi connectivity index (χ4n) is 3.65. The number of hydrogen-bond donors (Lipinski definition) is 1. The van der Waals surface area contributed by atoms with Crippen LogP contribution in [0.3, 0.4) is 0 Å². The van der Waals surface area contributed by atoms with Gasteiger partial charge in [-0.15, -0.1) is 22.7 Å². The van der Waals surface area contributed by atoms with Crippen LogP contribution in [0, 0.1) is 5.92 Å². The van der Waals surface area contributed by atoms with Crippen LogP contribution in [0.15, 0.2) is 46.8 Å². The predicted octanol–water partition coefficient (Wildman–Crippen LogP) is 6.11. The summed E-state index contributed by atoms with van der Waals surface area (Å²) in [5, 5.41) is 5.75. The van der Waals surface area contributed by atoms with Gasteiger partial charge in [0.2, 0.25) is 0 Å². The highest BCUT2D eigenvalue weighted by Gasteiger charge is 2.27. The first kappa shape index (κ1) is 21.5. The average molecular weight is 453 g/mol. The number of carbonyl (C=O) groups is 2. The highest BCUT2D eigenvalue weighted by molar-refractivity contribution is 7.16. The number of ether oxygens (including phenoxy) is 1. The largest absolute Gasteiger partial charge is 0.462 e. The molecule has 3 aromatic rings. The van der Waals surface area contributed by atoms with E-state index in [-0.39, 0.29) is 11.9 Å². The fourth-order valence-corrected chi connectivity index (χ4v) is 5.58. The number of thiophene rings is 2. The molecule has 4 rings (SSSR count). The monoisotopic (exact) mass is 452 g/mol. The average Bonchev–Trinajstić information content (AvgIpc) is 3.40. The first-order valence-electron chi connectivity index (χ1n) is 10.4. The van der Waals surface area contributed by atoms with Gasteiger partial charge in [0.05, 0.1) is 17.7 Å². The van der Waals surface area contributed by atoms with E-state index in [4.69, 9.17) is 4.74 Å². The Balaban J connectivity index is 1.60. The van der Waals surface area contributed by atoms with Crippen molar-refractivity contribution in [3.8, 4) is 0 Å². The minimum absolute atomic E-state index is 0.158. The quantitative estimate of drug-likeness (QED) is 0.362. The molecule has 0 saturated carbocycles. The van der Waals surface area contributed by atoms with Gasteiger partial charge in [-0.05, 0) is 73.4 Å². The van der Waals surface area contributed by atoms with Gasteiger partial charge in [0.25, 0.3) is 5.91 Å². The van der Waals surface area contributed by atoms with Crippen molar-refractivity contribution in [1.29, 1.82) is 0 Å². The number of amides is 1. The number of rotatable bonds is 6. The van der Waals surface area contributed by atoms with Crippen molar-refractivity contribution >= 4 is 51.5 Å². The first-order chi connectivity index (χ1) is 15.0. The second-order valence-corrected chi connectivity index (χ2v) is 9.62. The van der Waals surface area contributed by atoms with Crippen molar-refractivity contribution in [3.05, 3.63) is 68.2 Å². The Labute approximate surface area is 189 Å². The van der Waals surface area contributed by atoms with Crippen molar-refractivity contribution < 1.29 is 14.3 Å². The predicted molar refractivity (Wildman–Crippen MR) is 127 cm³/mol. The molecule has 1 N–H and O–H groups in total. The first-order valence-corrected chi connectivity index (χ1v) is 12.1. The van der Waals surface area contributed by atoms with Crippen LogP contribution < -0.4 is 5.32 Å². The molecule has 1 unspecified atom stereocenters. The Kier molecular flexibility index (Phi) is 6.63. The molecule has 1 atom stereocenters. The maximum atomic E-state index is 13.3. The molecular weight excluding hydrogens is 428 g/mol. The molecule has 0 radical (unpaired) electrons. The van der Waals surface area contributed by atoms with Gasteiger partial charge in [0.15, 0.2) is 0 Å². The van der Waals surface area contributed by atoms with E-state index in [2.05, 4.69) is 17.2 Å². The van der Waals surface area contributed by atoms with Gasteiger partial charge in [0.1, 0.15) is 5.00 Å². The topological polar surface area (TPSA) is 67.8 Å². The van der Waals surface area contributed by atoms with E-state index < -0.39 is 0 Å². The summed E-state index contributed by atoms with van der Waals surface area (Å²) < 4.78 is 5.01.